The number of hydrogen-bond donors (Lipinski definition) is 0. The van der Waals surface area contributed by atoms with Crippen molar-refractivity contribution in [1.29, 1.82) is 0 Å². The summed E-state index contributed by atoms with van der Waals surface area (Å²) in [6.45, 7) is 2.23. The Balaban J connectivity index is 0.000000326. The first-order valence-electron chi connectivity index (χ1n) is 8.98. The van der Waals surface area contributed by atoms with Crippen LogP contribution in [0.4, 0.5) is 0 Å². The fraction of sp³-hybridized carbons (Fsp3) is 0.217. The molecule has 0 aromatic heterocycles. The van der Waals surface area contributed by atoms with Gasteiger partial charge < -0.3 is 0 Å². The minimum absolute atomic E-state index is 1.36. The Kier molecular flexibility index (Phi) is 10.3. The van der Waals surface area contributed by atoms with Gasteiger partial charge in [-0.3, -0.25) is 0 Å². The Hall–Kier alpha value is -0.752. The summed E-state index contributed by atoms with van der Waals surface area (Å²) < 4.78 is 5.95. The zero-order valence-corrected chi connectivity index (χ0v) is 20.1. The van der Waals surface area contributed by atoms with Crippen molar-refractivity contribution in [1.82, 2.24) is 0 Å². The van der Waals surface area contributed by atoms with E-state index in [-0.39, 0.29) is 0 Å². The summed E-state index contributed by atoms with van der Waals surface area (Å²) in [5.41, 5.74) is 0. The second-order valence-electron chi connectivity index (χ2n) is 5.88. The molecule has 128 valence electrons. The first kappa shape index (κ1) is 20.6. The van der Waals surface area contributed by atoms with Crippen LogP contribution in [-0.4, -0.2) is 42.1 Å². The number of unbranched alkanes of at least 4 members (excludes halogenated alkanes) is 2. The van der Waals surface area contributed by atoms with Gasteiger partial charge in [-0.25, -0.2) is 0 Å². The van der Waals surface area contributed by atoms with E-state index >= 15 is 0 Å². The Morgan fingerprint density at radius 3 is 1.20 bits per heavy atom. The molecule has 0 aliphatic carbocycles. The van der Waals surface area contributed by atoms with Crippen molar-refractivity contribution in [2.75, 3.05) is 0 Å². The normalized spacial score (nSPS) is 10.2. The van der Waals surface area contributed by atoms with Gasteiger partial charge in [0, 0.05) is 0 Å². The molecule has 0 spiro atoms. The monoisotopic (exact) mass is 552 g/mol. The van der Waals surface area contributed by atoms with Crippen LogP contribution in [0.3, 0.4) is 0 Å². The maximum absolute atomic E-state index is 2.29. The quantitative estimate of drug-likeness (QED) is 0.323. The van der Waals surface area contributed by atoms with Gasteiger partial charge in [-0.2, -0.15) is 0 Å². The van der Waals surface area contributed by atoms with E-state index in [2.05, 4.69) is 120 Å². The van der Waals surface area contributed by atoms with Crippen LogP contribution in [0.15, 0.2) is 91.0 Å². The van der Waals surface area contributed by atoms with Crippen molar-refractivity contribution in [3.05, 3.63) is 91.0 Å². The van der Waals surface area contributed by atoms with Crippen molar-refractivity contribution >= 4 is 52.8 Å². The van der Waals surface area contributed by atoms with E-state index in [1.807, 2.05) is 0 Å². The van der Waals surface area contributed by atoms with Crippen LogP contribution in [0, 0.1) is 0 Å². The summed E-state index contributed by atoms with van der Waals surface area (Å²) in [6.07, 6.45) is 4.19. The molecule has 3 aromatic carbocycles. The summed E-state index contributed by atoms with van der Waals surface area (Å²) in [5.74, 6) is 0. The molecule has 0 fully saturated rings. The van der Waals surface area contributed by atoms with Crippen molar-refractivity contribution in [2.45, 2.75) is 30.7 Å². The predicted octanol–water partition coefficient (Wildman–Crippen LogP) is 3.97. The van der Waals surface area contributed by atoms with Gasteiger partial charge >= 0.3 is 174 Å². The minimum atomic E-state index is -1.98. The number of rotatable bonds is 6. The first-order valence-corrected chi connectivity index (χ1v) is 14.9. The molecule has 0 bridgehead atoms. The van der Waals surface area contributed by atoms with Crippen LogP contribution < -0.4 is 10.7 Å². The molecule has 0 nitrogen and oxygen atoms in total. The molecule has 0 aliphatic rings. The van der Waals surface area contributed by atoms with Crippen molar-refractivity contribution in [3.63, 3.8) is 0 Å². The molecule has 0 saturated carbocycles. The number of hydrogen-bond acceptors (Lipinski definition) is 0. The van der Waals surface area contributed by atoms with Gasteiger partial charge in [0.2, 0.25) is 0 Å². The molecule has 25 heavy (non-hydrogen) atoms. The van der Waals surface area contributed by atoms with E-state index in [1.54, 1.807) is 0 Å². The van der Waals surface area contributed by atoms with Crippen LogP contribution in [0.1, 0.15) is 26.2 Å². The first-order chi connectivity index (χ1) is 12.4. The van der Waals surface area contributed by atoms with E-state index in [9.17, 15) is 0 Å². The van der Waals surface area contributed by atoms with Crippen LogP contribution in [-0.2, 0) is 0 Å². The molecule has 2 radical (unpaired) electrons. The second kappa shape index (κ2) is 12.6. The van der Waals surface area contributed by atoms with Gasteiger partial charge in [-0.15, -0.1) is 0 Å². The molecule has 0 amide bonds. The Morgan fingerprint density at radius 2 is 0.960 bits per heavy atom. The van der Waals surface area contributed by atoms with Crippen LogP contribution >= 0.6 is 0 Å². The third kappa shape index (κ3) is 7.17. The molecule has 0 atom stereocenters. The van der Waals surface area contributed by atoms with E-state index < -0.39 is 19.8 Å². The van der Waals surface area contributed by atoms with Gasteiger partial charge in [0.05, 0.1) is 0 Å². The molecule has 0 N–H and O–H groups in total. The Bertz CT molecular complexity index is 585. The van der Waals surface area contributed by atoms with Crippen molar-refractivity contribution in [2.24, 2.45) is 0 Å². The Morgan fingerprint density at radius 1 is 0.600 bits per heavy atom. The van der Waals surface area contributed by atoms with Gasteiger partial charge in [0.1, 0.15) is 0 Å². The molecule has 0 heterocycles. The fourth-order valence-corrected chi connectivity index (χ4v) is 10.6. The predicted molar refractivity (Wildman–Crippen MR) is 114 cm³/mol. The van der Waals surface area contributed by atoms with E-state index in [4.69, 9.17) is 0 Å². The maximum atomic E-state index is 2.29. The van der Waals surface area contributed by atoms with Crippen molar-refractivity contribution in [3.8, 4) is 0 Å². The van der Waals surface area contributed by atoms with Gasteiger partial charge in [0.25, 0.3) is 0 Å². The molecule has 3 rings (SSSR count). The average Bonchev–Trinajstić information content (AvgIpc) is 2.70. The summed E-state index contributed by atoms with van der Waals surface area (Å²) in [5, 5.41) is 0. The van der Waals surface area contributed by atoms with Crippen LogP contribution in [0.5, 0.6) is 0 Å². The molecule has 0 aliphatic heterocycles. The fourth-order valence-electron chi connectivity index (χ4n) is 2.67. The third-order valence-corrected chi connectivity index (χ3v) is 12.6. The van der Waals surface area contributed by atoms with Gasteiger partial charge in [-0.05, 0) is 0 Å². The summed E-state index contributed by atoms with van der Waals surface area (Å²) in [6, 6.07) is 32.9. The zero-order chi connectivity index (χ0) is 17.7. The SMILES string of the molecule is CCCCC[Te].c1cc[c]([Sn]([c]2ccccc2)[c]2ccccc2)cc1. The van der Waals surface area contributed by atoms with Crippen LogP contribution in [0.25, 0.3) is 0 Å². The molecule has 0 saturated heterocycles. The summed E-state index contributed by atoms with van der Waals surface area (Å²) in [7, 11) is 0. The van der Waals surface area contributed by atoms with E-state index in [0.29, 0.717) is 0 Å². The van der Waals surface area contributed by atoms with Gasteiger partial charge in [-0.1, -0.05) is 0 Å². The molecule has 2 heteroatoms. The van der Waals surface area contributed by atoms with E-state index in [0.717, 1.165) is 0 Å². The summed E-state index contributed by atoms with van der Waals surface area (Å²) in [4.78, 5) is 0. The van der Waals surface area contributed by atoms with E-state index in [1.165, 1.54) is 34.5 Å². The third-order valence-electron chi connectivity index (χ3n) is 3.94. The topological polar surface area (TPSA) is 0 Å². The average molecular weight is 549 g/mol. The molecular weight excluding hydrogens is 523 g/mol. The summed E-state index contributed by atoms with van der Waals surface area (Å²) >= 11 is 0.191. The molecule has 0 unspecified atom stereocenters. The Labute approximate surface area is 173 Å². The second-order valence-corrected chi connectivity index (χ2v) is 14.1. The van der Waals surface area contributed by atoms with Crippen LogP contribution in [0.2, 0.25) is 4.47 Å². The van der Waals surface area contributed by atoms with Gasteiger partial charge in [0.15, 0.2) is 0 Å². The molecular formula is C23H26SnTe. The standard InChI is InChI=1S/3C6H5.C5H11Te.Sn/c3*1-2-4-6-5-3-1;1-2-3-4-5-6;/h3*1-5H;2-5H2,1H3;. The number of benzene rings is 3. The van der Waals surface area contributed by atoms with Crippen molar-refractivity contribution < 1.29 is 0 Å². The molecule has 3 aromatic rings. The zero-order valence-electron chi connectivity index (χ0n) is 14.9.